The van der Waals surface area contributed by atoms with E-state index >= 15 is 0 Å². The first-order valence-corrected chi connectivity index (χ1v) is 8.88. The molecular weight excluding hydrogens is 368 g/mol. The number of amides is 3. The Hall–Kier alpha value is -3.36. The number of hydrogen-bond donors (Lipinski definition) is 1. The number of hydrogen-bond acceptors (Lipinski definition) is 7. The summed E-state index contributed by atoms with van der Waals surface area (Å²) in [7, 11) is 0. The van der Waals surface area contributed by atoms with Gasteiger partial charge in [-0.1, -0.05) is 12.2 Å². The molecule has 0 radical (unpaired) electrons. The zero-order chi connectivity index (χ0) is 19.7. The maximum Gasteiger partial charge on any atom is 0.326 e. The Bertz CT molecular complexity index is 853. The van der Waals surface area contributed by atoms with E-state index in [4.69, 9.17) is 14.2 Å². The minimum absolute atomic E-state index is 0.121. The second-order valence-electron chi connectivity index (χ2n) is 6.70. The summed E-state index contributed by atoms with van der Waals surface area (Å²) in [6.07, 6.45) is 4.74. The molecule has 0 aromatic heterocycles. The van der Waals surface area contributed by atoms with Crippen molar-refractivity contribution in [3.05, 3.63) is 30.4 Å². The normalized spacial score (nSPS) is 22.2. The van der Waals surface area contributed by atoms with Gasteiger partial charge in [0.2, 0.25) is 18.6 Å². The van der Waals surface area contributed by atoms with Crippen LogP contribution >= 0.6 is 0 Å². The van der Waals surface area contributed by atoms with Gasteiger partial charge in [-0.15, -0.1) is 0 Å². The largest absolute Gasteiger partial charge is 0.454 e. The van der Waals surface area contributed by atoms with Crippen LogP contribution in [0.1, 0.15) is 12.8 Å². The number of anilines is 1. The standard InChI is InChI=1S/C19H18N2O7/c22-16(20-11-5-6-14-15(7-11)28-10-27-14)9-26-17(23)8-21-18(24)12-3-1-2-4-13(12)19(21)25/h1-2,5-7,12-13H,3-4,8-10H2,(H,20,22)/t12-,13-/m1/s1. The summed E-state index contributed by atoms with van der Waals surface area (Å²) in [6, 6.07) is 4.88. The van der Waals surface area contributed by atoms with Crippen LogP contribution in [0.2, 0.25) is 0 Å². The maximum absolute atomic E-state index is 12.3. The number of ether oxygens (including phenoxy) is 3. The minimum atomic E-state index is -0.811. The Morgan fingerprint density at radius 2 is 1.75 bits per heavy atom. The molecule has 1 N–H and O–H groups in total. The van der Waals surface area contributed by atoms with Gasteiger partial charge >= 0.3 is 5.97 Å². The van der Waals surface area contributed by atoms with Crippen LogP contribution in [0.5, 0.6) is 11.5 Å². The van der Waals surface area contributed by atoms with Crippen molar-refractivity contribution in [1.29, 1.82) is 0 Å². The molecule has 1 fully saturated rings. The summed E-state index contributed by atoms with van der Waals surface area (Å²) < 4.78 is 15.3. The van der Waals surface area contributed by atoms with Crippen LogP contribution in [0.25, 0.3) is 0 Å². The zero-order valence-corrected chi connectivity index (χ0v) is 14.9. The summed E-state index contributed by atoms with van der Waals surface area (Å²) in [5, 5.41) is 2.57. The average Bonchev–Trinajstić information content (AvgIpc) is 3.25. The highest BCUT2D eigenvalue weighted by molar-refractivity contribution is 6.07. The van der Waals surface area contributed by atoms with Gasteiger partial charge in [-0.3, -0.25) is 24.1 Å². The van der Waals surface area contributed by atoms with E-state index in [1.807, 2.05) is 12.2 Å². The third-order valence-electron chi connectivity index (χ3n) is 4.91. The fraction of sp³-hybridized carbons (Fsp3) is 0.368. The van der Waals surface area contributed by atoms with Crippen molar-refractivity contribution < 1.29 is 33.4 Å². The van der Waals surface area contributed by atoms with Crippen molar-refractivity contribution in [3.63, 3.8) is 0 Å². The molecule has 2 heterocycles. The summed E-state index contributed by atoms with van der Waals surface area (Å²) in [4.78, 5) is 49.5. The molecule has 0 saturated carbocycles. The van der Waals surface area contributed by atoms with Crippen LogP contribution in [0.3, 0.4) is 0 Å². The van der Waals surface area contributed by atoms with Crippen LogP contribution in [-0.2, 0) is 23.9 Å². The molecule has 9 heteroatoms. The predicted octanol–water partition coefficient (Wildman–Crippen LogP) is 0.848. The van der Waals surface area contributed by atoms with Crippen molar-refractivity contribution in [2.75, 3.05) is 25.3 Å². The first kappa shape index (κ1) is 18.0. The molecule has 9 nitrogen and oxygen atoms in total. The van der Waals surface area contributed by atoms with E-state index in [0.717, 1.165) is 4.90 Å². The third-order valence-corrected chi connectivity index (χ3v) is 4.91. The van der Waals surface area contributed by atoms with Crippen molar-refractivity contribution in [1.82, 2.24) is 4.90 Å². The lowest BCUT2D eigenvalue weighted by molar-refractivity contribution is -0.154. The van der Waals surface area contributed by atoms with E-state index < -0.39 is 36.9 Å². The van der Waals surface area contributed by atoms with Crippen molar-refractivity contribution in [2.24, 2.45) is 11.8 Å². The van der Waals surface area contributed by atoms with E-state index in [0.29, 0.717) is 30.0 Å². The molecular formula is C19H18N2O7. The van der Waals surface area contributed by atoms with Gasteiger partial charge in [0.05, 0.1) is 11.8 Å². The van der Waals surface area contributed by atoms with E-state index in [2.05, 4.69) is 5.32 Å². The second-order valence-corrected chi connectivity index (χ2v) is 6.70. The summed E-state index contributed by atoms with van der Waals surface area (Å²) in [6.45, 7) is -0.893. The Morgan fingerprint density at radius 3 is 2.46 bits per heavy atom. The zero-order valence-electron chi connectivity index (χ0n) is 14.9. The van der Waals surface area contributed by atoms with Gasteiger partial charge in [0.1, 0.15) is 6.54 Å². The number of fused-ring (bicyclic) bond motifs is 2. The number of imide groups is 1. The summed E-state index contributed by atoms with van der Waals surface area (Å²) in [5.74, 6) is -1.79. The number of nitrogens with one attached hydrogen (secondary N) is 1. The number of esters is 1. The molecule has 1 aliphatic carbocycles. The lowest BCUT2D eigenvalue weighted by Crippen LogP contribution is -2.37. The van der Waals surface area contributed by atoms with Gasteiger partial charge in [0, 0.05) is 11.8 Å². The lowest BCUT2D eigenvalue weighted by atomic mass is 9.85. The number of benzene rings is 1. The first-order valence-electron chi connectivity index (χ1n) is 8.88. The first-order chi connectivity index (χ1) is 13.5. The number of carbonyl (C=O) groups is 4. The van der Waals surface area contributed by atoms with Crippen molar-refractivity contribution in [3.8, 4) is 11.5 Å². The van der Waals surface area contributed by atoms with Crippen molar-refractivity contribution >= 4 is 29.4 Å². The van der Waals surface area contributed by atoms with Crippen LogP contribution in [0, 0.1) is 11.8 Å². The third kappa shape index (κ3) is 3.42. The number of allylic oxidation sites excluding steroid dienone is 2. The van der Waals surface area contributed by atoms with E-state index in [1.54, 1.807) is 18.2 Å². The monoisotopic (exact) mass is 386 g/mol. The molecule has 1 aromatic carbocycles. The quantitative estimate of drug-likeness (QED) is 0.454. The number of rotatable bonds is 5. The smallest absolute Gasteiger partial charge is 0.326 e. The van der Waals surface area contributed by atoms with Gasteiger partial charge in [0.25, 0.3) is 5.91 Å². The van der Waals surface area contributed by atoms with Crippen molar-refractivity contribution in [2.45, 2.75) is 12.8 Å². The van der Waals surface area contributed by atoms with Crippen LogP contribution in [0.15, 0.2) is 30.4 Å². The SMILES string of the molecule is O=C(COC(=O)CN1C(=O)[C@@H]2CC=CC[C@H]2C1=O)Nc1ccc2c(c1)OCO2. The molecule has 3 aliphatic rings. The fourth-order valence-corrected chi connectivity index (χ4v) is 3.52. The molecule has 0 spiro atoms. The van der Waals surface area contributed by atoms with E-state index in [1.165, 1.54) is 0 Å². The fourth-order valence-electron chi connectivity index (χ4n) is 3.52. The topological polar surface area (TPSA) is 111 Å². The van der Waals surface area contributed by atoms with Gasteiger partial charge in [-0.2, -0.15) is 0 Å². The Kier molecular flexibility index (Phi) is 4.72. The molecule has 2 atom stereocenters. The van der Waals surface area contributed by atoms with Crippen LogP contribution in [-0.4, -0.2) is 48.5 Å². The number of likely N-dealkylation sites (tertiary alicyclic amines) is 1. The Morgan fingerprint density at radius 1 is 1.07 bits per heavy atom. The van der Waals surface area contributed by atoms with Gasteiger partial charge in [-0.25, -0.2) is 0 Å². The van der Waals surface area contributed by atoms with Gasteiger partial charge in [0.15, 0.2) is 18.1 Å². The Balaban J connectivity index is 1.27. The summed E-state index contributed by atoms with van der Waals surface area (Å²) >= 11 is 0. The lowest BCUT2D eigenvalue weighted by Gasteiger charge is -2.14. The highest BCUT2D eigenvalue weighted by Crippen LogP contribution is 2.35. The molecule has 146 valence electrons. The summed E-state index contributed by atoms with van der Waals surface area (Å²) in [5.41, 5.74) is 0.465. The number of carbonyl (C=O) groups excluding carboxylic acids is 4. The van der Waals surface area contributed by atoms with Crippen LogP contribution < -0.4 is 14.8 Å². The molecule has 1 aromatic rings. The average molecular weight is 386 g/mol. The molecule has 2 aliphatic heterocycles. The Labute approximate surface area is 160 Å². The van der Waals surface area contributed by atoms with Gasteiger partial charge in [-0.05, 0) is 25.0 Å². The molecule has 3 amide bonds. The van der Waals surface area contributed by atoms with E-state index in [-0.39, 0.29) is 18.6 Å². The predicted molar refractivity (Wildman–Crippen MR) is 94.2 cm³/mol. The second kappa shape index (κ2) is 7.34. The number of nitrogens with zero attached hydrogens (tertiary/aromatic N) is 1. The molecule has 1 saturated heterocycles. The molecule has 0 bridgehead atoms. The van der Waals surface area contributed by atoms with Crippen LogP contribution in [0.4, 0.5) is 5.69 Å². The highest BCUT2D eigenvalue weighted by atomic mass is 16.7. The molecule has 4 rings (SSSR count). The minimum Gasteiger partial charge on any atom is -0.454 e. The molecule has 28 heavy (non-hydrogen) atoms. The highest BCUT2D eigenvalue weighted by Gasteiger charge is 2.47. The maximum atomic E-state index is 12.3. The van der Waals surface area contributed by atoms with Gasteiger partial charge < -0.3 is 19.5 Å². The van der Waals surface area contributed by atoms with E-state index in [9.17, 15) is 19.2 Å². The molecule has 0 unspecified atom stereocenters.